The number of amides is 1. The number of benzene rings is 2. The first-order valence-electron chi connectivity index (χ1n) is 6.99. The second-order valence-corrected chi connectivity index (χ2v) is 6.33. The average molecular weight is 357 g/mol. The van der Waals surface area contributed by atoms with E-state index in [2.05, 4.69) is 10.3 Å². The van der Waals surface area contributed by atoms with E-state index in [1.165, 1.54) is 17.4 Å². The molecule has 0 aliphatic heterocycles. The smallest absolute Gasteiger partial charge is 0.349 e. The van der Waals surface area contributed by atoms with E-state index in [9.17, 15) is 9.59 Å². The molecule has 7 heteroatoms. The van der Waals surface area contributed by atoms with Crippen LogP contribution in [0.4, 0.5) is 5.69 Å². The Morgan fingerprint density at radius 2 is 2.04 bits per heavy atom. The number of hydrogen-bond donors (Lipinski definition) is 1. The zero-order chi connectivity index (χ0) is 16.7. The Morgan fingerprint density at radius 1 is 1.21 bits per heavy atom. The topological polar surface area (TPSA) is 72.2 Å². The molecular weight excluding hydrogens is 348 g/mol. The third kappa shape index (κ3) is 2.46. The van der Waals surface area contributed by atoms with Crippen LogP contribution in [0, 0.1) is 0 Å². The quantitative estimate of drug-likeness (QED) is 0.543. The molecular formula is C17H9ClN2O3S. The van der Waals surface area contributed by atoms with Gasteiger partial charge in [-0.25, -0.2) is 9.78 Å². The van der Waals surface area contributed by atoms with Crippen molar-refractivity contribution in [1.82, 2.24) is 4.98 Å². The molecule has 0 aliphatic rings. The van der Waals surface area contributed by atoms with E-state index in [1.54, 1.807) is 35.8 Å². The molecule has 0 saturated carbocycles. The van der Waals surface area contributed by atoms with Crippen LogP contribution in [0.5, 0.6) is 0 Å². The van der Waals surface area contributed by atoms with Crippen molar-refractivity contribution in [2.75, 3.05) is 5.32 Å². The van der Waals surface area contributed by atoms with Crippen LogP contribution in [0.15, 0.2) is 57.2 Å². The first-order chi connectivity index (χ1) is 11.6. The van der Waals surface area contributed by atoms with Crippen molar-refractivity contribution in [3.8, 4) is 0 Å². The first-order valence-corrected chi connectivity index (χ1v) is 8.25. The molecule has 0 saturated heterocycles. The van der Waals surface area contributed by atoms with Crippen LogP contribution in [-0.2, 0) is 0 Å². The lowest BCUT2D eigenvalue weighted by molar-refractivity contribution is 0.102. The lowest BCUT2D eigenvalue weighted by Crippen LogP contribution is -2.20. The Bertz CT molecular complexity index is 1150. The number of para-hydroxylation sites is 1. The van der Waals surface area contributed by atoms with Gasteiger partial charge in [0.05, 0.1) is 20.9 Å². The summed E-state index contributed by atoms with van der Waals surface area (Å²) in [7, 11) is 0. The molecule has 2 aromatic heterocycles. The minimum absolute atomic E-state index is 0.0543. The van der Waals surface area contributed by atoms with Crippen molar-refractivity contribution in [1.29, 1.82) is 0 Å². The van der Waals surface area contributed by atoms with Crippen LogP contribution in [0.2, 0.25) is 5.02 Å². The fourth-order valence-electron chi connectivity index (χ4n) is 2.43. The van der Waals surface area contributed by atoms with Gasteiger partial charge >= 0.3 is 5.63 Å². The molecule has 0 atom stereocenters. The highest BCUT2D eigenvalue weighted by Gasteiger charge is 2.16. The van der Waals surface area contributed by atoms with Gasteiger partial charge in [0.1, 0.15) is 16.7 Å². The van der Waals surface area contributed by atoms with Crippen LogP contribution < -0.4 is 10.9 Å². The summed E-state index contributed by atoms with van der Waals surface area (Å²) in [6.07, 6.45) is 0. The second-order valence-electron chi connectivity index (χ2n) is 5.06. The minimum Gasteiger partial charge on any atom is -0.422 e. The number of nitrogens with zero attached hydrogens (tertiary/aromatic N) is 1. The van der Waals surface area contributed by atoms with Gasteiger partial charge < -0.3 is 9.73 Å². The summed E-state index contributed by atoms with van der Waals surface area (Å²) in [6, 6.07) is 11.9. The highest BCUT2D eigenvalue weighted by Crippen LogP contribution is 2.32. The molecule has 24 heavy (non-hydrogen) atoms. The van der Waals surface area contributed by atoms with Gasteiger partial charge in [0.2, 0.25) is 0 Å². The molecule has 0 spiro atoms. The Hall–Kier alpha value is -2.70. The molecule has 0 bridgehead atoms. The summed E-state index contributed by atoms with van der Waals surface area (Å²) in [5.41, 5.74) is 2.52. The number of thiazole rings is 1. The largest absolute Gasteiger partial charge is 0.422 e. The highest BCUT2D eigenvalue weighted by molar-refractivity contribution is 7.17. The number of carbonyl (C=O) groups excluding carboxylic acids is 1. The minimum atomic E-state index is -0.680. The molecule has 118 valence electrons. The van der Waals surface area contributed by atoms with Gasteiger partial charge in [-0.3, -0.25) is 4.79 Å². The number of fused-ring (bicyclic) bond motifs is 2. The van der Waals surface area contributed by atoms with Gasteiger partial charge in [-0.05, 0) is 24.3 Å². The molecule has 0 unspecified atom stereocenters. The molecule has 1 N–H and O–H groups in total. The SMILES string of the molecule is O=C(Nc1ccc(Cl)c2ncsc12)c1cc2ccccc2oc1=O. The number of rotatable bonds is 2. The molecule has 0 fully saturated rings. The predicted octanol–water partition coefficient (Wildman–Crippen LogP) is 4.31. The van der Waals surface area contributed by atoms with Crippen LogP contribution >= 0.6 is 22.9 Å². The summed E-state index contributed by atoms with van der Waals surface area (Å²) < 4.78 is 5.95. The fraction of sp³-hybridized carbons (Fsp3) is 0. The third-order valence-electron chi connectivity index (χ3n) is 3.57. The summed E-state index contributed by atoms with van der Waals surface area (Å²) in [6.45, 7) is 0. The monoisotopic (exact) mass is 356 g/mol. The van der Waals surface area contributed by atoms with Crippen molar-refractivity contribution in [2.24, 2.45) is 0 Å². The number of carbonyl (C=O) groups is 1. The number of halogens is 1. The molecule has 2 heterocycles. The first kappa shape index (κ1) is 14.9. The molecule has 5 nitrogen and oxygen atoms in total. The molecule has 0 radical (unpaired) electrons. The molecule has 1 amide bonds. The van der Waals surface area contributed by atoms with E-state index in [1.807, 2.05) is 6.07 Å². The Balaban J connectivity index is 1.76. The standard InChI is InChI=1S/C17H9ClN2O3S/c18-11-5-6-12(15-14(11)19-8-24-15)20-16(21)10-7-9-3-1-2-4-13(9)23-17(10)22/h1-8H,(H,20,21). The number of anilines is 1. The molecule has 2 aromatic carbocycles. The average Bonchev–Trinajstić information content (AvgIpc) is 3.07. The maximum atomic E-state index is 12.5. The van der Waals surface area contributed by atoms with E-state index in [0.29, 0.717) is 27.2 Å². The van der Waals surface area contributed by atoms with Crippen LogP contribution in [-0.4, -0.2) is 10.9 Å². The van der Waals surface area contributed by atoms with Gasteiger partial charge in [0.15, 0.2) is 0 Å². The van der Waals surface area contributed by atoms with Gasteiger partial charge in [-0.2, -0.15) is 0 Å². The van der Waals surface area contributed by atoms with Crippen molar-refractivity contribution in [3.63, 3.8) is 0 Å². The number of nitrogens with one attached hydrogen (secondary N) is 1. The summed E-state index contributed by atoms with van der Waals surface area (Å²) >= 11 is 7.44. The lowest BCUT2D eigenvalue weighted by Gasteiger charge is -2.06. The molecule has 4 rings (SSSR count). The molecule has 4 aromatic rings. The lowest BCUT2D eigenvalue weighted by atomic mass is 10.1. The van der Waals surface area contributed by atoms with Crippen LogP contribution in [0.1, 0.15) is 10.4 Å². The summed E-state index contributed by atoms with van der Waals surface area (Å²) in [5.74, 6) is -0.536. The Kier molecular flexibility index (Phi) is 3.55. The Morgan fingerprint density at radius 3 is 2.92 bits per heavy atom. The van der Waals surface area contributed by atoms with Crippen molar-refractivity contribution < 1.29 is 9.21 Å². The summed E-state index contributed by atoms with van der Waals surface area (Å²) in [4.78, 5) is 28.8. The van der Waals surface area contributed by atoms with E-state index in [4.69, 9.17) is 16.0 Å². The molecule has 0 aliphatic carbocycles. The maximum Gasteiger partial charge on any atom is 0.349 e. The Labute approximate surface area is 144 Å². The maximum absolute atomic E-state index is 12.5. The second kappa shape index (κ2) is 5.74. The van der Waals surface area contributed by atoms with Crippen molar-refractivity contribution in [2.45, 2.75) is 0 Å². The van der Waals surface area contributed by atoms with Gasteiger partial charge in [-0.15, -0.1) is 11.3 Å². The van der Waals surface area contributed by atoms with Gasteiger partial charge in [-0.1, -0.05) is 29.8 Å². The van der Waals surface area contributed by atoms with E-state index in [-0.39, 0.29) is 5.56 Å². The fourth-order valence-corrected chi connectivity index (χ4v) is 3.47. The van der Waals surface area contributed by atoms with Crippen molar-refractivity contribution in [3.05, 3.63) is 69.0 Å². The van der Waals surface area contributed by atoms with E-state index in [0.717, 1.165) is 4.70 Å². The zero-order valence-electron chi connectivity index (χ0n) is 12.1. The highest BCUT2D eigenvalue weighted by atomic mass is 35.5. The van der Waals surface area contributed by atoms with Gasteiger partial charge in [0.25, 0.3) is 5.91 Å². The number of aromatic nitrogens is 1. The van der Waals surface area contributed by atoms with Crippen LogP contribution in [0.3, 0.4) is 0 Å². The van der Waals surface area contributed by atoms with Crippen molar-refractivity contribution >= 4 is 55.7 Å². The van der Waals surface area contributed by atoms with E-state index >= 15 is 0 Å². The third-order valence-corrected chi connectivity index (χ3v) is 4.73. The number of hydrogen-bond acceptors (Lipinski definition) is 5. The predicted molar refractivity (Wildman–Crippen MR) is 95.1 cm³/mol. The van der Waals surface area contributed by atoms with Gasteiger partial charge in [0, 0.05) is 5.39 Å². The normalized spacial score (nSPS) is 11.0. The zero-order valence-corrected chi connectivity index (χ0v) is 13.6. The van der Waals surface area contributed by atoms with E-state index < -0.39 is 11.5 Å². The van der Waals surface area contributed by atoms with Crippen LogP contribution in [0.25, 0.3) is 21.2 Å². The summed E-state index contributed by atoms with van der Waals surface area (Å²) in [5, 5.41) is 3.92.